The van der Waals surface area contributed by atoms with Gasteiger partial charge < -0.3 is 18.9 Å². The highest BCUT2D eigenvalue weighted by atomic mass is 16.6. The number of carbonyl (C=O) groups is 2. The van der Waals surface area contributed by atoms with Crippen LogP contribution in [-0.2, 0) is 9.53 Å². The first-order valence-electron chi connectivity index (χ1n) is 9.69. The molecular weight excluding hydrogens is 410 g/mol. The highest BCUT2D eigenvalue weighted by Gasteiger charge is 2.24. The largest absolute Gasteiger partial charge is 0.497 e. The highest BCUT2D eigenvalue weighted by molar-refractivity contribution is 6.12. The quantitative estimate of drug-likeness (QED) is 0.331. The van der Waals surface area contributed by atoms with Gasteiger partial charge in [0.15, 0.2) is 17.2 Å². The van der Waals surface area contributed by atoms with E-state index in [2.05, 4.69) is 4.99 Å². The smallest absolute Gasteiger partial charge is 0.363 e. The van der Waals surface area contributed by atoms with Crippen LogP contribution in [0.15, 0.2) is 83.5 Å². The van der Waals surface area contributed by atoms with Crippen LogP contribution in [0.5, 0.6) is 17.2 Å². The van der Waals surface area contributed by atoms with Crippen LogP contribution in [0.3, 0.4) is 0 Å². The normalized spacial score (nSPS) is 14.0. The fourth-order valence-electron chi connectivity index (χ4n) is 3.04. The van der Waals surface area contributed by atoms with Gasteiger partial charge in [-0.1, -0.05) is 30.3 Å². The lowest BCUT2D eigenvalue weighted by molar-refractivity contribution is -0.129. The molecule has 1 aliphatic rings. The van der Waals surface area contributed by atoms with Crippen molar-refractivity contribution in [1.29, 1.82) is 0 Å². The number of benzene rings is 3. The number of carbonyl (C=O) groups excluding carboxylic acids is 2. The molecule has 4 rings (SSSR count). The molecule has 0 radical (unpaired) electrons. The topological polar surface area (TPSA) is 83.4 Å². The Hall–Kier alpha value is -4.39. The van der Waals surface area contributed by atoms with E-state index in [0.717, 1.165) is 0 Å². The number of ether oxygens (including phenoxy) is 4. The van der Waals surface area contributed by atoms with Crippen molar-refractivity contribution in [3.8, 4) is 17.2 Å². The molecular formula is C25H19NO6. The van der Waals surface area contributed by atoms with E-state index in [4.69, 9.17) is 18.9 Å². The van der Waals surface area contributed by atoms with Crippen LogP contribution in [0.1, 0.15) is 21.5 Å². The number of cyclic esters (lactones) is 1. The first-order valence-corrected chi connectivity index (χ1v) is 9.69. The second-order valence-electron chi connectivity index (χ2n) is 6.73. The fraction of sp³-hybridized carbons (Fsp3) is 0.0800. The van der Waals surface area contributed by atoms with Crippen molar-refractivity contribution in [1.82, 2.24) is 0 Å². The zero-order chi connectivity index (χ0) is 22.5. The number of nitrogens with zero attached hydrogens (tertiary/aromatic N) is 1. The van der Waals surface area contributed by atoms with Crippen molar-refractivity contribution in [2.45, 2.75) is 0 Å². The lowest BCUT2D eigenvalue weighted by Crippen LogP contribution is -2.09. The summed E-state index contributed by atoms with van der Waals surface area (Å²) in [6.07, 6.45) is 1.58. The predicted octanol–water partition coefficient (Wildman–Crippen LogP) is 4.27. The average molecular weight is 429 g/mol. The van der Waals surface area contributed by atoms with Crippen LogP contribution in [0, 0.1) is 0 Å². The van der Waals surface area contributed by atoms with E-state index in [9.17, 15) is 9.59 Å². The van der Waals surface area contributed by atoms with Crippen molar-refractivity contribution in [2.75, 3.05) is 14.2 Å². The number of rotatable bonds is 6. The maximum atomic E-state index is 12.5. The summed E-state index contributed by atoms with van der Waals surface area (Å²) in [5, 5.41) is 0. The zero-order valence-electron chi connectivity index (χ0n) is 17.4. The van der Waals surface area contributed by atoms with Crippen LogP contribution in [0.25, 0.3) is 6.08 Å². The predicted molar refractivity (Wildman–Crippen MR) is 118 cm³/mol. The monoisotopic (exact) mass is 429 g/mol. The van der Waals surface area contributed by atoms with Crippen LogP contribution < -0.4 is 14.2 Å². The molecule has 0 bridgehead atoms. The molecule has 0 N–H and O–H groups in total. The molecule has 1 heterocycles. The van der Waals surface area contributed by atoms with Crippen LogP contribution in [-0.4, -0.2) is 32.1 Å². The second-order valence-corrected chi connectivity index (χ2v) is 6.73. The average Bonchev–Trinajstić information content (AvgIpc) is 3.20. The molecule has 0 spiro atoms. The molecule has 0 saturated heterocycles. The molecule has 1 aliphatic heterocycles. The Balaban J connectivity index is 1.56. The zero-order valence-corrected chi connectivity index (χ0v) is 17.4. The van der Waals surface area contributed by atoms with Gasteiger partial charge in [-0.15, -0.1) is 0 Å². The maximum absolute atomic E-state index is 12.5. The van der Waals surface area contributed by atoms with Crippen molar-refractivity contribution in [2.24, 2.45) is 4.99 Å². The summed E-state index contributed by atoms with van der Waals surface area (Å²) in [5.74, 6) is 0.269. The molecule has 3 aromatic rings. The summed E-state index contributed by atoms with van der Waals surface area (Å²) in [7, 11) is 2.98. The van der Waals surface area contributed by atoms with E-state index in [1.807, 2.05) is 30.3 Å². The number of hydrogen-bond acceptors (Lipinski definition) is 7. The Labute approximate surface area is 184 Å². The van der Waals surface area contributed by atoms with Gasteiger partial charge in [0.25, 0.3) is 0 Å². The van der Waals surface area contributed by atoms with Gasteiger partial charge in [0, 0.05) is 5.56 Å². The van der Waals surface area contributed by atoms with Gasteiger partial charge in [0.2, 0.25) is 5.90 Å². The lowest BCUT2D eigenvalue weighted by atomic mass is 10.1. The van der Waals surface area contributed by atoms with Crippen LogP contribution in [0.4, 0.5) is 0 Å². The number of aliphatic imine (C=N–C) groups is 1. The molecule has 7 heteroatoms. The van der Waals surface area contributed by atoms with Crippen molar-refractivity contribution in [3.63, 3.8) is 0 Å². The third-order valence-electron chi connectivity index (χ3n) is 4.64. The number of methoxy groups -OCH3 is 2. The summed E-state index contributed by atoms with van der Waals surface area (Å²) < 4.78 is 21.3. The van der Waals surface area contributed by atoms with Crippen LogP contribution in [0.2, 0.25) is 0 Å². The van der Waals surface area contributed by atoms with E-state index in [1.54, 1.807) is 48.5 Å². The second kappa shape index (κ2) is 9.18. The summed E-state index contributed by atoms with van der Waals surface area (Å²) >= 11 is 0. The third-order valence-corrected chi connectivity index (χ3v) is 4.64. The molecule has 0 aromatic heterocycles. The van der Waals surface area contributed by atoms with Crippen molar-refractivity contribution < 1.29 is 28.5 Å². The van der Waals surface area contributed by atoms with E-state index in [1.165, 1.54) is 14.2 Å². The first-order chi connectivity index (χ1) is 15.6. The van der Waals surface area contributed by atoms with E-state index < -0.39 is 11.9 Å². The molecule has 0 saturated carbocycles. The minimum Gasteiger partial charge on any atom is -0.497 e. The Morgan fingerprint density at radius 2 is 1.72 bits per heavy atom. The molecule has 0 amide bonds. The van der Waals surface area contributed by atoms with Gasteiger partial charge in [-0.05, 0) is 54.1 Å². The van der Waals surface area contributed by atoms with E-state index >= 15 is 0 Å². The van der Waals surface area contributed by atoms with Gasteiger partial charge >= 0.3 is 11.9 Å². The van der Waals surface area contributed by atoms with Gasteiger partial charge in [-0.2, -0.15) is 0 Å². The minimum absolute atomic E-state index is 0.159. The Morgan fingerprint density at radius 3 is 2.47 bits per heavy atom. The summed E-state index contributed by atoms with van der Waals surface area (Å²) in [6, 6.07) is 20.7. The molecule has 160 valence electrons. The molecule has 0 fully saturated rings. The van der Waals surface area contributed by atoms with Crippen LogP contribution >= 0.6 is 0 Å². The van der Waals surface area contributed by atoms with Crippen molar-refractivity contribution in [3.05, 3.63) is 95.2 Å². The molecule has 7 nitrogen and oxygen atoms in total. The number of hydrogen-bond donors (Lipinski definition) is 0. The van der Waals surface area contributed by atoms with E-state index in [0.29, 0.717) is 28.2 Å². The molecule has 0 atom stereocenters. The molecule has 3 aromatic carbocycles. The Kier molecular flexibility index (Phi) is 5.98. The minimum atomic E-state index is -0.551. The van der Waals surface area contributed by atoms with E-state index in [-0.39, 0.29) is 17.3 Å². The molecule has 32 heavy (non-hydrogen) atoms. The van der Waals surface area contributed by atoms with Gasteiger partial charge in [-0.3, -0.25) is 0 Å². The van der Waals surface area contributed by atoms with Gasteiger partial charge in [0.05, 0.1) is 19.8 Å². The SMILES string of the molecule is COc1cccc(C(=O)Oc2ccc(C=C3N=C(c4ccccc4)OC3=O)cc2OC)c1. The summed E-state index contributed by atoms with van der Waals surface area (Å²) in [4.78, 5) is 29.0. The molecule has 0 aliphatic carbocycles. The summed E-state index contributed by atoms with van der Waals surface area (Å²) in [5.41, 5.74) is 1.84. The highest BCUT2D eigenvalue weighted by Crippen LogP contribution is 2.30. The first kappa shape index (κ1) is 20.9. The lowest BCUT2D eigenvalue weighted by Gasteiger charge is -2.10. The maximum Gasteiger partial charge on any atom is 0.363 e. The van der Waals surface area contributed by atoms with Crippen molar-refractivity contribution >= 4 is 23.9 Å². The summed E-state index contributed by atoms with van der Waals surface area (Å²) in [6.45, 7) is 0. The van der Waals surface area contributed by atoms with Gasteiger partial charge in [-0.25, -0.2) is 14.6 Å². The van der Waals surface area contributed by atoms with Gasteiger partial charge in [0.1, 0.15) is 5.75 Å². The Bertz CT molecular complexity index is 1230. The standard InChI is InChI=1S/C25H19NO6/c1-29-19-10-6-9-18(15-19)24(27)31-21-12-11-16(14-22(21)30-2)13-20-25(28)32-23(26-20)17-7-4-3-5-8-17/h3-15H,1-2H3. The third kappa shape index (κ3) is 4.52. The number of esters is 2. The Morgan fingerprint density at radius 1 is 0.906 bits per heavy atom. The molecule has 0 unspecified atom stereocenters. The fourth-order valence-corrected chi connectivity index (χ4v) is 3.04.